The Morgan fingerprint density at radius 1 is 1.13 bits per heavy atom. The number of benzene rings is 2. The number of rotatable bonds is 9. The Labute approximate surface area is 186 Å². The number of carbonyl (C=O) groups is 1. The highest BCUT2D eigenvalue weighted by Crippen LogP contribution is 2.27. The first-order valence-corrected chi connectivity index (χ1v) is 10.8. The molecule has 9 heteroatoms. The van der Waals surface area contributed by atoms with Crippen LogP contribution < -0.4 is 15.0 Å². The molecule has 0 aliphatic rings. The van der Waals surface area contributed by atoms with E-state index in [1.54, 1.807) is 49.1 Å². The van der Waals surface area contributed by atoms with Gasteiger partial charge in [-0.2, -0.15) is 0 Å². The number of fused-ring (bicyclic) bond motifs is 1. The molecule has 7 nitrogen and oxygen atoms in total. The van der Waals surface area contributed by atoms with E-state index in [1.165, 1.54) is 18.9 Å². The van der Waals surface area contributed by atoms with E-state index in [0.717, 1.165) is 4.47 Å². The van der Waals surface area contributed by atoms with E-state index in [1.807, 2.05) is 6.07 Å². The molecule has 2 aromatic carbocycles. The smallest absolute Gasteiger partial charge is 0.262 e. The Morgan fingerprint density at radius 3 is 2.63 bits per heavy atom. The summed E-state index contributed by atoms with van der Waals surface area (Å²) in [5, 5.41) is 0.973. The maximum atomic E-state index is 13.0. The van der Waals surface area contributed by atoms with Gasteiger partial charge in [-0.3, -0.25) is 14.2 Å². The van der Waals surface area contributed by atoms with E-state index in [-0.39, 0.29) is 17.1 Å². The van der Waals surface area contributed by atoms with Crippen molar-refractivity contribution in [1.29, 1.82) is 0 Å². The van der Waals surface area contributed by atoms with E-state index in [2.05, 4.69) is 20.9 Å². The third-order valence-electron chi connectivity index (χ3n) is 4.44. The molecule has 0 amide bonds. The van der Waals surface area contributed by atoms with Gasteiger partial charge >= 0.3 is 0 Å². The van der Waals surface area contributed by atoms with Crippen molar-refractivity contribution in [3.05, 3.63) is 56.8 Å². The average Bonchev–Trinajstić information content (AvgIpc) is 2.76. The van der Waals surface area contributed by atoms with Crippen LogP contribution in [0.2, 0.25) is 0 Å². The van der Waals surface area contributed by atoms with Crippen LogP contribution in [0.1, 0.15) is 10.4 Å². The lowest BCUT2D eigenvalue weighted by atomic mass is 10.1. The standard InChI is InChI=1S/C21H21BrN2O5S/c1-27-9-8-24-20(26)16-10-13(22)4-7-17(16)23-21(24)30-12-18(25)15-6-5-14(28-2)11-19(15)29-3/h4-7,10-11H,8-9,12H2,1-3H3. The monoisotopic (exact) mass is 492 g/mol. The highest BCUT2D eigenvalue weighted by Gasteiger charge is 2.17. The van der Waals surface area contributed by atoms with Gasteiger partial charge < -0.3 is 14.2 Å². The molecule has 3 rings (SSSR count). The predicted octanol–water partition coefficient (Wildman–Crippen LogP) is 3.80. The molecule has 1 heterocycles. The molecule has 158 valence electrons. The van der Waals surface area contributed by atoms with Gasteiger partial charge in [0.2, 0.25) is 0 Å². The second kappa shape index (κ2) is 10.1. The maximum Gasteiger partial charge on any atom is 0.262 e. The molecule has 0 saturated carbocycles. The van der Waals surface area contributed by atoms with Crippen molar-refractivity contribution in [2.75, 3.05) is 33.7 Å². The topological polar surface area (TPSA) is 79.7 Å². The van der Waals surface area contributed by atoms with Gasteiger partial charge in [0.15, 0.2) is 10.9 Å². The van der Waals surface area contributed by atoms with E-state index in [9.17, 15) is 9.59 Å². The molecule has 30 heavy (non-hydrogen) atoms. The van der Waals surface area contributed by atoms with Crippen molar-refractivity contribution >= 4 is 44.4 Å². The number of Topliss-reactive ketones (excluding diaryl/α,β-unsaturated/α-hetero) is 1. The zero-order valence-electron chi connectivity index (χ0n) is 16.8. The summed E-state index contributed by atoms with van der Waals surface area (Å²) in [5.74, 6) is 1.01. The lowest BCUT2D eigenvalue weighted by Crippen LogP contribution is -2.25. The summed E-state index contributed by atoms with van der Waals surface area (Å²) >= 11 is 4.60. The third-order valence-corrected chi connectivity index (χ3v) is 5.91. The molecular formula is C21H21BrN2O5S. The Kier molecular flexibility index (Phi) is 7.52. The molecule has 0 saturated heterocycles. The average molecular weight is 493 g/mol. The minimum Gasteiger partial charge on any atom is -0.497 e. The minimum atomic E-state index is -0.171. The number of thioether (sulfide) groups is 1. The zero-order valence-corrected chi connectivity index (χ0v) is 19.2. The van der Waals surface area contributed by atoms with E-state index >= 15 is 0 Å². The van der Waals surface area contributed by atoms with Gasteiger partial charge in [-0.25, -0.2) is 4.98 Å². The van der Waals surface area contributed by atoms with Crippen LogP contribution in [0.25, 0.3) is 10.9 Å². The van der Waals surface area contributed by atoms with Crippen molar-refractivity contribution in [3.8, 4) is 11.5 Å². The lowest BCUT2D eigenvalue weighted by Gasteiger charge is -2.13. The Bertz CT molecular complexity index is 1130. The van der Waals surface area contributed by atoms with Crippen molar-refractivity contribution in [3.63, 3.8) is 0 Å². The van der Waals surface area contributed by atoms with Gasteiger partial charge in [0.1, 0.15) is 11.5 Å². The molecule has 0 bridgehead atoms. The molecular weight excluding hydrogens is 472 g/mol. The highest BCUT2D eigenvalue weighted by molar-refractivity contribution is 9.10. The number of hydrogen-bond acceptors (Lipinski definition) is 7. The number of methoxy groups -OCH3 is 3. The largest absolute Gasteiger partial charge is 0.497 e. The summed E-state index contributed by atoms with van der Waals surface area (Å²) in [7, 11) is 4.63. The first kappa shape index (κ1) is 22.3. The maximum absolute atomic E-state index is 13.0. The second-order valence-corrected chi connectivity index (χ2v) is 8.14. The number of nitrogens with zero attached hydrogens (tertiary/aromatic N) is 2. The summed E-state index contributed by atoms with van der Waals surface area (Å²) in [4.78, 5) is 30.4. The molecule has 0 aliphatic carbocycles. The zero-order chi connectivity index (χ0) is 21.7. The van der Waals surface area contributed by atoms with Gasteiger partial charge in [0.25, 0.3) is 5.56 Å². The number of halogens is 1. The van der Waals surface area contributed by atoms with Gasteiger partial charge in [-0.1, -0.05) is 27.7 Å². The van der Waals surface area contributed by atoms with E-state index in [0.29, 0.717) is 46.3 Å². The number of hydrogen-bond donors (Lipinski definition) is 0. The van der Waals surface area contributed by atoms with Crippen LogP contribution in [-0.2, 0) is 11.3 Å². The fourth-order valence-electron chi connectivity index (χ4n) is 2.90. The first-order valence-electron chi connectivity index (χ1n) is 9.05. The van der Waals surface area contributed by atoms with E-state index in [4.69, 9.17) is 14.2 Å². The summed E-state index contributed by atoms with van der Waals surface area (Å²) in [6.45, 7) is 0.697. The fourth-order valence-corrected chi connectivity index (χ4v) is 4.17. The van der Waals surface area contributed by atoms with Crippen LogP contribution >= 0.6 is 27.7 Å². The van der Waals surface area contributed by atoms with Crippen LogP contribution in [0.3, 0.4) is 0 Å². The number of ketones is 1. The normalized spacial score (nSPS) is 10.9. The van der Waals surface area contributed by atoms with Crippen molar-refractivity contribution in [2.24, 2.45) is 0 Å². The molecule has 0 aliphatic heterocycles. The third kappa shape index (κ3) is 4.85. The molecule has 0 radical (unpaired) electrons. The summed E-state index contributed by atoms with van der Waals surface area (Å²) < 4.78 is 18.0. The van der Waals surface area contributed by atoms with E-state index < -0.39 is 0 Å². The number of ether oxygens (including phenoxy) is 3. The predicted molar refractivity (Wildman–Crippen MR) is 120 cm³/mol. The van der Waals surface area contributed by atoms with Crippen molar-refractivity contribution in [2.45, 2.75) is 11.7 Å². The summed E-state index contributed by atoms with van der Waals surface area (Å²) in [5.41, 5.74) is 0.852. The molecule has 1 aromatic heterocycles. The highest BCUT2D eigenvalue weighted by atomic mass is 79.9. The number of aromatic nitrogens is 2. The Morgan fingerprint density at radius 2 is 1.93 bits per heavy atom. The molecule has 0 atom stereocenters. The van der Waals surface area contributed by atoms with Crippen LogP contribution in [0.15, 0.2) is 50.8 Å². The van der Waals surface area contributed by atoms with Crippen molar-refractivity contribution < 1.29 is 19.0 Å². The van der Waals surface area contributed by atoms with Gasteiger partial charge in [-0.05, 0) is 30.3 Å². The van der Waals surface area contributed by atoms with Gasteiger partial charge in [0.05, 0.1) is 49.6 Å². The fraction of sp³-hybridized carbons (Fsp3) is 0.286. The van der Waals surface area contributed by atoms with Crippen LogP contribution in [0.5, 0.6) is 11.5 Å². The van der Waals surface area contributed by atoms with Crippen LogP contribution in [0.4, 0.5) is 0 Å². The molecule has 0 N–H and O–H groups in total. The summed E-state index contributed by atoms with van der Waals surface area (Å²) in [6, 6.07) is 10.4. The summed E-state index contributed by atoms with van der Waals surface area (Å²) in [6.07, 6.45) is 0. The molecule has 3 aromatic rings. The Hall–Kier alpha value is -2.36. The van der Waals surface area contributed by atoms with Gasteiger partial charge in [-0.15, -0.1) is 0 Å². The quantitative estimate of drug-likeness (QED) is 0.255. The van der Waals surface area contributed by atoms with Crippen molar-refractivity contribution in [1.82, 2.24) is 9.55 Å². The lowest BCUT2D eigenvalue weighted by molar-refractivity contribution is 0.101. The van der Waals surface area contributed by atoms with Gasteiger partial charge in [0, 0.05) is 17.6 Å². The molecule has 0 fully saturated rings. The van der Waals surface area contributed by atoms with Crippen LogP contribution in [0, 0.1) is 0 Å². The SMILES string of the molecule is COCCn1c(SCC(=O)c2ccc(OC)cc2OC)nc2ccc(Br)cc2c1=O. The molecule has 0 unspecified atom stereocenters. The Balaban J connectivity index is 1.92. The second-order valence-electron chi connectivity index (χ2n) is 6.28. The number of carbonyl (C=O) groups excluding carboxylic acids is 1. The van der Waals surface area contributed by atoms with Crippen LogP contribution in [-0.4, -0.2) is 49.0 Å². The molecule has 0 spiro atoms. The first-order chi connectivity index (χ1) is 14.5. The minimum absolute atomic E-state index is 0.101.